The molecule has 0 aromatic heterocycles. The first-order valence-electron chi connectivity index (χ1n) is 4.15. The van der Waals surface area contributed by atoms with Crippen LogP contribution in [0.4, 0.5) is 13.2 Å². The molecule has 0 amide bonds. The van der Waals surface area contributed by atoms with E-state index in [-0.39, 0.29) is 16.9 Å². The zero-order valence-corrected chi connectivity index (χ0v) is 7.91. The van der Waals surface area contributed by atoms with E-state index in [9.17, 15) is 18.0 Å². The lowest BCUT2D eigenvalue weighted by Gasteiger charge is -2.10. The van der Waals surface area contributed by atoms with Crippen molar-refractivity contribution in [1.82, 2.24) is 0 Å². The van der Waals surface area contributed by atoms with Crippen molar-refractivity contribution in [2.75, 3.05) is 6.61 Å². The molecular formula is C10H6F3NO2. The average Bonchev–Trinajstić information content (AvgIpc) is 2.25. The van der Waals surface area contributed by atoms with E-state index in [1.165, 1.54) is 12.1 Å². The minimum Gasteiger partial charge on any atom is -0.483 e. The van der Waals surface area contributed by atoms with Gasteiger partial charge in [0, 0.05) is 5.56 Å². The second kappa shape index (κ2) is 4.66. The summed E-state index contributed by atoms with van der Waals surface area (Å²) in [5.41, 5.74) is 0.102. The van der Waals surface area contributed by atoms with Crippen LogP contribution in [0, 0.1) is 11.3 Å². The van der Waals surface area contributed by atoms with Crippen molar-refractivity contribution >= 4 is 6.29 Å². The largest absolute Gasteiger partial charge is 0.483 e. The number of nitrogens with zero attached hydrogens (tertiary/aromatic N) is 1. The maximum Gasteiger partial charge on any atom is 0.422 e. The number of halogens is 3. The highest BCUT2D eigenvalue weighted by Gasteiger charge is 2.28. The highest BCUT2D eigenvalue weighted by Crippen LogP contribution is 2.22. The Balaban J connectivity index is 2.89. The number of hydrogen-bond donors (Lipinski definition) is 0. The molecule has 0 aliphatic heterocycles. The van der Waals surface area contributed by atoms with Gasteiger partial charge in [-0.3, -0.25) is 4.79 Å². The van der Waals surface area contributed by atoms with E-state index >= 15 is 0 Å². The number of alkyl halides is 3. The zero-order valence-electron chi connectivity index (χ0n) is 7.91. The minimum atomic E-state index is -4.46. The quantitative estimate of drug-likeness (QED) is 0.747. The van der Waals surface area contributed by atoms with Crippen LogP contribution in [-0.2, 0) is 0 Å². The van der Waals surface area contributed by atoms with Crippen LogP contribution < -0.4 is 4.74 Å². The van der Waals surface area contributed by atoms with Crippen molar-refractivity contribution in [2.24, 2.45) is 0 Å². The van der Waals surface area contributed by atoms with Gasteiger partial charge >= 0.3 is 6.18 Å². The van der Waals surface area contributed by atoms with Crippen molar-refractivity contribution in [3.05, 3.63) is 29.3 Å². The Kier molecular flexibility index (Phi) is 3.51. The molecular weight excluding hydrogens is 223 g/mol. The van der Waals surface area contributed by atoms with E-state index in [1.54, 1.807) is 6.07 Å². The number of nitriles is 1. The lowest BCUT2D eigenvalue weighted by molar-refractivity contribution is -0.153. The van der Waals surface area contributed by atoms with Gasteiger partial charge < -0.3 is 4.74 Å². The Bertz CT molecular complexity index is 435. The van der Waals surface area contributed by atoms with E-state index in [0.29, 0.717) is 6.29 Å². The summed E-state index contributed by atoms with van der Waals surface area (Å²) >= 11 is 0. The molecule has 0 aliphatic rings. The molecule has 0 radical (unpaired) electrons. The summed E-state index contributed by atoms with van der Waals surface area (Å²) in [6, 6.07) is 5.26. The standard InChI is InChI=1S/C10H6F3NO2/c11-10(12,13)6-16-9-2-1-7(5-15)3-8(9)4-14/h1-3,5H,6H2. The predicted octanol–water partition coefficient (Wildman–Crippen LogP) is 2.31. The van der Waals surface area contributed by atoms with Gasteiger partial charge in [0.25, 0.3) is 0 Å². The second-order valence-electron chi connectivity index (χ2n) is 2.89. The lowest BCUT2D eigenvalue weighted by atomic mass is 10.1. The summed E-state index contributed by atoms with van der Waals surface area (Å²) in [7, 11) is 0. The second-order valence-corrected chi connectivity index (χ2v) is 2.89. The monoisotopic (exact) mass is 229 g/mol. The molecule has 0 unspecified atom stereocenters. The third-order valence-corrected chi connectivity index (χ3v) is 1.65. The molecule has 1 aromatic carbocycles. The maximum absolute atomic E-state index is 11.9. The predicted molar refractivity (Wildman–Crippen MR) is 48.1 cm³/mol. The van der Waals surface area contributed by atoms with Crippen LogP contribution in [0.2, 0.25) is 0 Å². The third kappa shape index (κ3) is 3.28. The molecule has 84 valence electrons. The van der Waals surface area contributed by atoms with Crippen LogP contribution in [0.3, 0.4) is 0 Å². The van der Waals surface area contributed by atoms with Gasteiger partial charge in [-0.15, -0.1) is 0 Å². The molecule has 0 saturated carbocycles. The summed E-state index contributed by atoms with van der Waals surface area (Å²) < 4.78 is 40.0. The summed E-state index contributed by atoms with van der Waals surface area (Å²) in [5, 5.41) is 8.64. The SMILES string of the molecule is N#Cc1cc(C=O)ccc1OCC(F)(F)F. The minimum absolute atomic E-state index is 0.103. The molecule has 6 heteroatoms. The summed E-state index contributed by atoms with van der Waals surface area (Å²) in [6.45, 7) is -1.47. The highest BCUT2D eigenvalue weighted by molar-refractivity contribution is 5.76. The van der Waals surface area contributed by atoms with Crippen LogP contribution in [0.25, 0.3) is 0 Å². The molecule has 0 N–H and O–H groups in total. The number of rotatable bonds is 3. The van der Waals surface area contributed by atoms with Crippen LogP contribution in [0.1, 0.15) is 15.9 Å². The first-order valence-corrected chi connectivity index (χ1v) is 4.15. The first kappa shape index (κ1) is 12.0. The van der Waals surface area contributed by atoms with Gasteiger partial charge in [-0.1, -0.05) is 0 Å². The van der Waals surface area contributed by atoms with E-state index in [1.807, 2.05) is 0 Å². The number of ether oxygens (including phenoxy) is 1. The number of benzene rings is 1. The number of carbonyl (C=O) groups is 1. The fourth-order valence-corrected chi connectivity index (χ4v) is 0.994. The molecule has 0 atom stereocenters. The van der Waals surface area contributed by atoms with E-state index in [0.717, 1.165) is 6.07 Å². The molecule has 3 nitrogen and oxygen atoms in total. The molecule has 1 rings (SSSR count). The normalized spacial score (nSPS) is 10.6. The number of aldehydes is 1. The van der Waals surface area contributed by atoms with Gasteiger partial charge in [0.05, 0.1) is 5.56 Å². The van der Waals surface area contributed by atoms with Crippen LogP contribution in [0.15, 0.2) is 18.2 Å². The number of hydrogen-bond acceptors (Lipinski definition) is 3. The van der Waals surface area contributed by atoms with Crippen LogP contribution in [-0.4, -0.2) is 19.1 Å². The fraction of sp³-hybridized carbons (Fsp3) is 0.200. The molecule has 0 bridgehead atoms. The van der Waals surface area contributed by atoms with Crippen molar-refractivity contribution < 1.29 is 22.7 Å². The van der Waals surface area contributed by atoms with Gasteiger partial charge in [-0.25, -0.2) is 0 Å². The molecule has 0 fully saturated rings. The van der Waals surface area contributed by atoms with E-state index < -0.39 is 12.8 Å². The molecule has 16 heavy (non-hydrogen) atoms. The number of carbonyl (C=O) groups excluding carboxylic acids is 1. The van der Waals surface area contributed by atoms with Gasteiger partial charge in [0.15, 0.2) is 6.61 Å². The summed E-state index contributed by atoms with van der Waals surface area (Å²) in [4.78, 5) is 10.4. The smallest absolute Gasteiger partial charge is 0.422 e. The molecule has 1 aromatic rings. The first-order chi connectivity index (χ1) is 7.46. The van der Waals surface area contributed by atoms with Crippen LogP contribution >= 0.6 is 0 Å². The Labute approximate surface area is 89.1 Å². The average molecular weight is 229 g/mol. The molecule has 0 heterocycles. The van der Waals surface area contributed by atoms with Gasteiger partial charge in [-0.05, 0) is 18.2 Å². The van der Waals surface area contributed by atoms with Crippen LogP contribution in [0.5, 0.6) is 5.75 Å². The summed E-state index contributed by atoms with van der Waals surface area (Å²) in [5.74, 6) is -0.189. The van der Waals surface area contributed by atoms with Crippen molar-refractivity contribution in [3.63, 3.8) is 0 Å². The highest BCUT2D eigenvalue weighted by atomic mass is 19.4. The molecule has 0 spiro atoms. The maximum atomic E-state index is 11.9. The fourth-order valence-electron chi connectivity index (χ4n) is 0.994. The Morgan fingerprint density at radius 3 is 2.62 bits per heavy atom. The topological polar surface area (TPSA) is 50.1 Å². The molecule has 0 aliphatic carbocycles. The Morgan fingerprint density at radius 2 is 2.12 bits per heavy atom. The van der Waals surface area contributed by atoms with Gasteiger partial charge in [0.2, 0.25) is 0 Å². The van der Waals surface area contributed by atoms with Gasteiger partial charge in [-0.2, -0.15) is 18.4 Å². The zero-order chi connectivity index (χ0) is 12.2. The van der Waals surface area contributed by atoms with Crippen molar-refractivity contribution in [1.29, 1.82) is 5.26 Å². The lowest BCUT2D eigenvalue weighted by Crippen LogP contribution is -2.19. The van der Waals surface area contributed by atoms with E-state index in [2.05, 4.69) is 4.74 Å². The van der Waals surface area contributed by atoms with Crippen molar-refractivity contribution in [2.45, 2.75) is 6.18 Å². The molecule has 0 saturated heterocycles. The van der Waals surface area contributed by atoms with Gasteiger partial charge in [0.1, 0.15) is 18.1 Å². The summed E-state index contributed by atoms with van der Waals surface area (Å²) in [6.07, 6.45) is -3.97. The van der Waals surface area contributed by atoms with E-state index in [4.69, 9.17) is 5.26 Å². The van der Waals surface area contributed by atoms with Crippen molar-refractivity contribution in [3.8, 4) is 11.8 Å². The Morgan fingerprint density at radius 1 is 1.44 bits per heavy atom. The third-order valence-electron chi connectivity index (χ3n) is 1.65. The Hall–Kier alpha value is -2.03.